The minimum absolute atomic E-state index is 0.101. The van der Waals surface area contributed by atoms with E-state index in [0.29, 0.717) is 12.8 Å². The van der Waals surface area contributed by atoms with Crippen molar-refractivity contribution in [2.24, 2.45) is 11.8 Å². The second-order valence-electron chi connectivity index (χ2n) is 5.95. The molecule has 0 aromatic carbocycles. The molecular formula is C13H23NO5S. The van der Waals surface area contributed by atoms with Crippen LogP contribution in [0.3, 0.4) is 0 Å². The molecule has 0 aromatic rings. The van der Waals surface area contributed by atoms with Crippen molar-refractivity contribution in [2.75, 3.05) is 0 Å². The van der Waals surface area contributed by atoms with Gasteiger partial charge in [0.25, 0.3) is 10.1 Å². The Hall–Kier alpha value is -0.950. The maximum atomic E-state index is 12.1. The van der Waals surface area contributed by atoms with Crippen molar-refractivity contribution < 1.29 is 22.6 Å². The molecule has 1 aliphatic rings. The van der Waals surface area contributed by atoms with Crippen molar-refractivity contribution >= 4 is 21.8 Å². The van der Waals surface area contributed by atoms with Crippen molar-refractivity contribution in [3.63, 3.8) is 0 Å². The van der Waals surface area contributed by atoms with Gasteiger partial charge in [0.15, 0.2) is 5.78 Å². The zero-order valence-electron chi connectivity index (χ0n) is 12.1. The Labute approximate surface area is 120 Å². The molecule has 116 valence electrons. The summed E-state index contributed by atoms with van der Waals surface area (Å²) in [5, 5.41) is 1.83. The molecule has 1 aliphatic carbocycles. The van der Waals surface area contributed by atoms with Crippen LogP contribution in [0.5, 0.6) is 0 Å². The third-order valence-electron chi connectivity index (χ3n) is 3.69. The molecule has 0 aliphatic heterocycles. The molecule has 0 spiro atoms. The Bertz CT molecular complexity index is 471. The van der Waals surface area contributed by atoms with Crippen molar-refractivity contribution in [3.05, 3.63) is 0 Å². The van der Waals surface area contributed by atoms with E-state index in [4.69, 9.17) is 4.55 Å². The van der Waals surface area contributed by atoms with Crippen molar-refractivity contribution in [1.82, 2.24) is 5.32 Å². The Kier molecular flexibility index (Phi) is 5.70. The number of hydrogen-bond donors (Lipinski definition) is 2. The lowest BCUT2D eigenvalue weighted by molar-refractivity contribution is -0.129. The Balaban J connectivity index is 2.61. The summed E-state index contributed by atoms with van der Waals surface area (Å²) in [5.74, 6) is -0.567. The number of Topliss-reactive ketones (excluding diaryl/α,β-unsaturated/α-hetero) is 1. The van der Waals surface area contributed by atoms with Gasteiger partial charge in [-0.2, -0.15) is 8.42 Å². The summed E-state index contributed by atoms with van der Waals surface area (Å²) in [7, 11) is -4.08. The molecule has 6 nitrogen and oxygen atoms in total. The summed E-state index contributed by atoms with van der Waals surface area (Å²) in [5.41, 5.74) is 0. The number of ketones is 1. The normalized spacial score (nSPS) is 24.6. The molecular weight excluding hydrogens is 282 g/mol. The maximum absolute atomic E-state index is 12.1. The molecule has 1 amide bonds. The number of carbonyl (C=O) groups excluding carboxylic acids is 2. The van der Waals surface area contributed by atoms with Crippen LogP contribution >= 0.6 is 0 Å². The third-order valence-corrected chi connectivity index (χ3v) is 4.96. The van der Waals surface area contributed by atoms with Gasteiger partial charge >= 0.3 is 0 Å². The van der Waals surface area contributed by atoms with Gasteiger partial charge < -0.3 is 5.32 Å². The van der Waals surface area contributed by atoms with Crippen LogP contribution in [0.2, 0.25) is 0 Å². The molecule has 20 heavy (non-hydrogen) atoms. The van der Waals surface area contributed by atoms with Gasteiger partial charge in [0.05, 0.1) is 11.3 Å². The second kappa shape index (κ2) is 6.67. The summed E-state index contributed by atoms with van der Waals surface area (Å²) < 4.78 is 31.1. The van der Waals surface area contributed by atoms with Gasteiger partial charge in [0.1, 0.15) is 0 Å². The van der Waals surface area contributed by atoms with E-state index in [0.717, 1.165) is 0 Å². The molecule has 0 saturated heterocycles. The first kappa shape index (κ1) is 17.1. The molecule has 0 radical (unpaired) electrons. The number of carbonyl (C=O) groups is 2. The fraction of sp³-hybridized carbons (Fsp3) is 0.846. The molecule has 1 rings (SSSR count). The van der Waals surface area contributed by atoms with E-state index in [9.17, 15) is 18.0 Å². The van der Waals surface area contributed by atoms with E-state index in [-0.39, 0.29) is 30.4 Å². The molecule has 0 heterocycles. The van der Waals surface area contributed by atoms with E-state index in [1.165, 1.54) is 6.92 Å². The summed E-state index contributed by atoms with van der Waals surface area (Å²) in [6, 6.07) is -0.521. The second-order valence-corrected chi connectivity index (χ2v) is 7.64. The summed E-state index contributed by atoms with van der Waals surface area (Å²) >= 11 is 0. The number of amides is 1. The summed E-state index contributed by atoms with van der Waals surface area (Å²) in [6.07, 6.45) is 1.39. The first-order valence-corrected chi connectivity index (χ1v) is 8.38. The Morgan fingerprint density at radius 1 is 1.30 bits per heavy atom. The largest absolute Gasteiger partial charge is 0.346 e. The standard InChI is InChI=1S/C13H23NO5S/c1-8(2)6-12(9(3)15)14-13(16)10-4-5-11(7-10)20(17,18)19/h8,10-12H,4-7H2,1-3H3,(H,14,16)(H,17,18,19)/t10?,11?,12-/m0/s1. The van der Waals surface area contributed by atoms with Crippen LogP contribution in [-0.4, -0.2) is 36.0 Å². The number of rotatable bonds is 6. The van der Waals surface area contributed by atoms with E-state index in [1.54, 1.807) is 0 Å². The molecule has 2 N–H and O–H groups in total. The molecule has 7 heteroatoms. The maximum Gasteiger partial charge on any atom is 0.267 e. The smallest absolute Gasteiger partial charge is 0.267 e. The van der Waals surface area contributed by atoms with Gasteiger partial charge in [0, 0.05) is 5.92 Å². The minimum atomic E-state index is -4.08. The molecule has 3 atom stereocenters. The van der Waals surface area contributed by atoms with Crippen LogP contribution in [0.15, 0.2) is 0 Å². The molecule has 1 fully saturated rings. The Morgan fingerprint density at radius 3 is 2.30 bits per heavy atom. The Morgan fingerprint density at radius 2 is 1.90 bits per heavy atom. The quantitative estimate of drug-likeness (QED) is 0.717. The topological polar surface area (TPSA) is 101 Å². The highest BCUT2D eigenvalue weighted by Gasteiger charge is 2.37. The van der Waals surface area contributed by atoms with Crippen LogP contribution in [-0.2, 0) is 19.7 Å². The molecule has 1 saturated carbocycles. The zero-order chi connectivity index (χ0) is 15.5. The van der Waals surface area contributed by atoms with Gasteiger partial charge in [0.2, 0.25) is 5.91 Å². The predicted molar refractivity (Wildman–Crippen MR) is 74.7 cm³/mol. The SMILES string of the molecule is CC(=O)[C@H](CC(C)C)NC(=O)C1CCC(S(=O)(=O)O)C1. The highest BCUT2D eigenvalue weighted by atomic mass is 32.2. The lowest BCUT2D eigenvalue weighted by atomic mass is 9.99. The van der Waals surface area contributed by atoms with Gasteiger partial charge in [-0.05, 0) is 38.5 Å². The number of nitrogens with one attached hydrogen (secondary N) is 1. The monoisotopic (exact) mass is 305 g/mol. The third kappa shape index (κ3) is 4.86. The van der Waals surface area contributed by atoms with Gasteiger partial charge in [-0.1, -0.05) is 13.8 Å². The van der Waals surface area contributed by atoms with Crippen molar-refractivity contribution in [3.8, 4) is 0 Å². The van der Waals surface area contributed by atoms with Gasteiger partial charge in [-0.3, -0.25) is 14.1 Å². The summed E-state index contributed by atoms with van der Waals surface area (Å²) in [4.78, 5) is 23.6. The summed E-state index contributed by atoms with van der Waals surface area (Å²) in [6.45, 7) is 5.36. The average molecular weight is 305 g/mol. The first-order valence-electron chi connectivity index (χ1n) is 6.88. The lowest BCUT2D eigenvalue weighted by Crippen LogP contribution is -2.43. The highest BCUT2D eigenvalue weighted by Crippen LogP contribution is 2.30. The number of hydrogen-bond acceptors (Lipinski definition) is 4. The predicted octanol–water partition coefficient (Wildman–Crippen LogP) is 1.16. The van der Waals surface area contributed by atoms with Crippen LogP contribution < -0.4 is 5.32 Å². The average Bonchev–Trinajstić information content (AvgIpc) is 2.75. The minimum Gasteiger partial charge on any atom is -0.346 e. The fourth-order valence-corrected chi connectivity index (χ4v) is 3.45. The van der Waals surface area contributed by atoms with E-state index in [1.807, 2.05) is 13.8 Å². The van der Waals surface area contributed by atoms with Crippen molar-refractivity contribution in [1.29, 1.82) is 0 Å². The molecule has 0 aromatic heterocycles. The van der Waals surface area contributed by atoms with Crippen LogP contribution in [0, 0.1) is 11.8 Å². The van der Waals surface area contributed by atoms with E-state index in [2.05, 4.69) is 5.32 Å². The lowest BCUT2D eigenvalue weighted by Gasteiger charge is -2.20. The molecule has 2 unspecified atom stereocenters. The van der Waals surface area contributed by atoms with E-state index < -0.39 is 27.3 Å². The first-order chi connectivity index (χ1) is 9.11. The zero-order valence-corrected chi connectivity index (χ0v) is 12.9. The van der Waals surface area contributed by atoms with Gasteiger partial charge in [-0.25, -0.2) is 0 Å². The van der Waals surface area contributed by atoms with Crippen molar-refractivity contribution in [2.45, 2.75) is 57.7 Å². The van der Waals surface area contributed by atoms with Crippen LogP contribution in [0.25, 0.3) is 0 Å². The fourth-order valence-electron chi connectivity index (χ4n) is 2.54. The van der Waals surface area contributed by atoms with E-state index >= 15 is 0 Å². The van der Waals surface area contributed by atoms with Crippen LogP contribution in [0.4, 0.5) is 0 Å². The molecule has 0 bridgehead atoms. The van der Waals surface area contributed by atoms with Gasteiger partial charge in [-0.15, -0.1) is 0 Å². The van der Waals surface area contributed by atoms with Crippen LogP contribution in [0.1, 0.15) is 46.5 Å². The highest BCUT2D eigenvalue weighted by molar-refractivity contribution is 7.86.